The number of aliphatic hydroxyl groups excluding tert-OH is 1. The van der Waals surface area contributed by atoms with E-state index in [1.807, 2.05) is 6.20 Å². The average Bonchev–Trinajstić information content (AvgIpc) is 3.59. The number of benzene rings is 1. The number of nitrogens with one attached hydrogen (secondary N) is 1. The Kier molecular flexibility index (Phi) is 6.26. The first-order chi connectivity index (χ1) is 20.2. The molecule has 2 atom stereocenters. The van der Waals surface area contributed by atoms with Gasteiger partial charge in [-0.1, -0.05) is 12.1 Å². The van der Waals surface area contributed by atoms with Crippen LogP contribution in [-0.2, 0) is 47.7 Å². The Hall–Kier alpha value is -4.00. The molecule has 42 heavy (non-hydrogen) atoms. The number of carbonyl (C=O) groups is 1. The van der Waals surface area contributed by atoms with Gasteiger partial charge in [0.15, 0.2) is 5.60 Å². The number of fused-ring (bicyclic) bond motifs is 5. The lowest BCUT2D eigenvalue weighted by Gasteiger charge is -2.31. The summed E-state index contributed by atoms with van der Waals surface area (Å²) in [5, 5.41) is 33.2. The van der Waals surface area contributed by atoms with Crippen molar-refractivity contribution >= 4 is 16.9 Å². The molecule has 3 aliphatic rings. The van der Waals surface area contributed by atoms with Crippen molar-refractivity contribution in [2.45, 2.75) is 70.9 Å². The van der Waals surface area contributed by atoms with Crippen molar-refractivity contribution < 1.29 is 24.1 Å². The van der Waals surface area contributed by atoms with E-state index in [2.05, 4.69) is 15.6 Å². The van der Waals surface area contributed by atoms with Crippen LogP contribution in [0.2, 0.25) is 0 Å². The van der Waals surface area contributed by atoms with Gasteiger partial charge >= 0.3 is 5.97 Å². The zero-order valence-corrected chi connectivity index (χ0v) is 23.4. The highest BCUT2D eigenvalue weighted by atomic mass is 19.1. The number of aryl methyl sites for hydroxylation is 1. The van der Waals surface area contributed by atoms with E-state index in [1.165, 1.54) is 6.07 Å². The van der Waals surface area contributed by atoms with Gasteiger partial charge in [0.25, 0.3) is 5.56 Å². The van der Waals surface area contributed by atoms with Crippen molar-refractivity contribution in [1.82, 2.24) is 29.9 Å². The van der Waals surface area contributed by atoms with Crippen LogP contribution in [0, 0.1) is 12.7 Å². The van der Waals surface area contributed by atoms with Gasteiger partial charge in [0, 0.05) is 47.8 Å². The Morgan fingerprint density at radius 3 is 2.86 bits per heavy atom. The maximum absolute atomic E-state index is 15.1. The number of cyclic esters (lactones) is 1. The van der Waals surface area contributed by atoms with E-state index in [0.29, 0.717) is 48.4 Å². The molecule has 7 rings (SSSR count). The van der Waals surface area contributed by atoms with Crippen molar-refractivity contribution in [1.29, 1.82) is 0 Å². The summed E-state index contributed by atoms with van der Waals surface area (Å²) >= 11 is 0. The average molecular weight is 575 g/mol. The number of esters is 1. The summed E-state index contributed by atoms with van der Waals surface area (Å²) < 4.78 is 23.5. The van der Waals surface area contributed by atoms with Crippen LogP contribution in [0.5, 0.6) is 0 Å². The topological polar surface area (TPSA) is 144 Å². The van der Waals surface area contributed by atoms with E-state index in [-0.39, 0.29) is 54.7 Å². The number of pyridine rings is 2. The molecule has 0 unspecified atom stereocenters. The van der Waals surface area contributed by atoms with Crippen LogP contribution in [-0.4, -0.2) is 53.9 Å². The van der Waals surface area contributed by atoms with Crippen LogP contribution in [0.1, 0.15) is 64.9 Å². The Labute approximate surface area is 240 Å². The summed E-state index contributed by atoms with van der Waals surface area (Å²) in [4.78, 5) is 31.2. The number of ether oxygens (including phenoxy) is 1. The molecule has 2 aliphatic heterocycles. The molecule has 0 spiro atoms. The number of aromatic nitrogens is 5. The molecule has 1 aliphatic carbocycles. The van der Waals surface area contributed by atoms with Crippen molar-refractivity contribution in [2.75, 3.05) is 13.2 Å². The molecule has 4 aromatic rings. The first-order valence-electron chi connectivity index (χ1n) is 14.3. The summed E-state index contributed by atoms with van der Waals surface area (Å²) in [5.74, 6) is -1.10. The van der Waals surface area contributed by atoms with Gasteiger partial charge < -0.3 is 24.8 Å². The normalized spacial score (nSPS) is 20.4. The number of hydrogen-bond acceptors (Lipinski definition) is 9. The third kappa shape index (κ3) is 3.85. The molecule has 12 heteroatoms. The molecule has 0 amide bonds. The summed E-state index contributed by atoms with van der Waals surface area (Å²) in [6.45, 7) is 4.52. The molecule has 0 bridgehead atoms. The SMILES string of the molecule is CC[C@@]1(O)C(=O)OCc2c1cc1n(c2=O)Cc2c-1nc1cc(F)c(C)c3c1c2[C@@H](NCCc1cn(CCO)nn1)CC3. The number of aliphatic hydroxyl groups is 2. The highest BCUT2D eigenvalue weighted by molar-refractivity contribution is 5.93. The molecule has 0 fully saturated rings. The molecule has 11 nitrogen and oxygen atoms in total. The fraction of sp³-hybridized carbons (Fsp3) is 0.433. The minimum atomic E-state index is -1.92. The zero-order chi connectivity index (χ0) is 29.3. The second-order valence-corrected chi connectivity index (χ2v) is 11.3. The van der Waals surface area contributed by atoms with Crippen LogP contribution >= 0.6 is 0 Å². The first-order valence-corrected chi connectivity index (χ1v) is 14.3. The summed E-state index contributed by atoms with van der Waals surface area (Å²) in [6, 6.07) is 3.06. The Balaban J connectivity index is 1.34. The molecule has 0 saturated carbocycles. The standard InChI is InChI=1S/C30H31FN6O5/c1-3-30(41)20-10-24-27-18(13-37(24)28(39)19(20)14-42-29(30)40)26-22(32-7-6-16-12-36(8-9-38)35-34-16)5-4-17-15(2)21(31)11-23(33-27)25(17)26/h10-12,22,32,38,41H,3-9,13-14H2,1-2H3/t22-,30-/m0/s1. The number of halogens is 1. The van der Waals surface area contributed by atoms with Gasteiger partial charge in [0.2, 0.25) is 0 Å². The molecular weight excluding hydrogens is 543 g/mol. The Bertz CT molecular complexity index is 1850. The second kappa shape index (κ2) is 9.79. The van der Waals surface area contributed by atoms with Gasteiger partial charge in [-0.05, 0) is 48.9 Å². The maximum atomic E-state index is 15.1. The van der Waals surface area contributed by atoms with Crippen LogP contribution in [0.3, 0.4) is 0 Å². The molecule has 3 N–H and O–H groups in total. The van der Waals surface area contributed by atoms with Gasteiger partial charge in [0.05, 0.1) is 47.9 Å². The molecule has 5 heterocycles. The van der Waals surface area contributed by atoms with Crippen LogP contribution in [0.25, 0.3) is 22.3 Å². The molecule has 3 aromatic heterocycles. The lowest BCUT2D eigenvalue weighted by molar-refractivity contribution is -0.172. The quantitative estimate of drug-likeness (QED) is 0.248. The van der Waals surface area contributed by atoms with E-state index in [1.54, 1.807) is 29.2 Å². The van der Waals surface area contributed by atoms with E-state index >= 15 is 4.39 Å². The predicted molar refractivity (Wildman–Crippen MR) is 149 cm³/mol. The van der Waals surface area contributed by atoms with Gasteiger partial charge in [-0.25, -0.2) is 18.9 Å². The number of carbonyl (C=O) groups excluding carboxylic acids is 1. The van der Waals surface area contributed by atoms with E-state index in [4.69, 9.17) is 14.8 Å². The van der Waals surface area contributed by atoms with Crippen molar-refractivity contribution in [3.05, 3.63) is 73.6 Å². The fourth-order valence-electron chi connectivity index (χ4n) is 6.80. The summed E-state index contributed by atoms with van der Waals surface area (Å²) in [7, 11) is 0. The molecule has 1 aromatic carbocycles. The Morgan fingerprint density at radius 1 is 1.24 bits per heavy atom. The highest BCUT2D eigenvalue weighted by Gasteiger charge is 2.46. The molecule has 0 radical (unpaired) electrons. The smallest absolute Gasteiger partial charge is 0.343 e. The number of hydrogen-bond donors (Lipinski definition) is 3. The lowest BCUT2D eigenvalue weighted by atomic mass is 9.81. The largest absolute Gasteiger partial charge is 0.458 e. The van der Waals surface area contributed by atoms with E-state index in [9.17, 15) is 14.7 Å². The maximum Gasteiger partial charge on any atom is 0.343 e. The molecular formula is C30H31FN6O5. The Morgan fingerprint density at radius 2 is 2.07 bits per heavy atom. The third-order valence-corrected chi connectivity index (χ3v) is 9.07. The lowest BCUT2D eigenvalue weighted by Crippen LogP contribution is -2.44. The summed E-state index contributed by atoms with van der Waals surface area (Å²) in [6.07, 6.45) is 3.92. The molecule has 0 saturated heterocycles. The monoisotopic (exact) mass is 574 g/mol. The van der Waals surface area contributed by atoms with Crippen LogP contribution < -0.4 is 10.9 Å². The van der Waals surface area contributed by atoms with Gasteiger partial charge in [0.1, 0.15) is 12.4 Å². The minimum Gasteiger partial charge on any atom is -0.458 e. The predicted octanol–water partition coefficient (Wildman–Crippen LogP) is 1.93. The minimum absolute atomic E-state index is 0.0127. The number of rotatable bonds is 7. The summed E-state index contributed by atoms with van der Waals surface area (Å²) in [5.41, 5.74) is 4.07. The van der Waals surface area contributed by atoms with Crippen molar-refractivity contribution in [3.8, 4) is 11.4 Å². The third-order valence-electron chi connectivity index (χ3n) is 9.07. The zero-order valence-electron chi connectivity index (χ0n) is 23.4. The van der Waals surface area contributed by atoms with Crippen molar-refractivity contribution in [2.24, 2.45) is 0 Å². The van der Waals surface area contributed by atoms with E-state index in [0.717, 1.165) is 34.2 Å². The van der Waals surface area contributed by atoms with E-state index < -0.39 is 11.6 Å². The highest BCUT2D eigenvalue weighted by Crippen LogP contribution is 2.45. The molecule has 218 valence electrons. The van der Waals surface area contributed by atoms with Gasteiger partial charge in [-0.15, -0.1) is 5.10 Å². The van der Waals surface area contributed by atoms with Gasteiger partial charge in [-0.3, -0.25) is 4.79 Å². The second-order valence-electron chi connectivity index (χ2n) is 11.3. The number of nitrogens with zero attached hydrogens (tertiary/aromatic N) is 5. The fourth-order valence-corrected chi connectivity index (χ4v) is 6.80. The van der Waals surface area contributed by atoms with Crippen molar-refractivity contribution in [3.63, 3.8) is 0 Å². The van der Waals surface area contributed by atoms with Crippen LogP contribution in [0.4, 0.5) is 4.39 Å². The van der Waals surface area contributed by atoms with Crippen LogP contribution in [0.15, 0.2) is 23.1 Å². The van der Waals surface area contributed by atoms with Gasteiger partial charge in [-0.2, -0.15) is 0 Å². The first kappa shape index (κ1) is 26.9.